The van der Waals surface area contributed by atoms with Gasteiger partial charge >= 0.3 is 6.09 Å². The Kier molecular flexibility index (Phi) is 3.90. The van der Waals surface area contributed by atoms with Gasteiger partial charge in [0.05, 0.1) is 5.69 Å². The van der Waals surface area contributed by atoms with Crippen molar-refractivity contribution >= 4 is 17.7 Å². The summed E-state index contributed by atoms with van der Waals surface area (Å²) >= 11 is 0. The SMILES string of the molecule is Cc1nccnc1Nc1cc([C@H]2CCC(OC(N)=O)C2)[nH]n1. The molecule has 2 atom stereocenters. The summed E-state index contributed by atoms with van der Waals surface area (Å²) in [4.78, 5) is 19.2. The number of ether oxygens (including phenoxy) is 1. The van der Waals surface area contributed by atoms with Gasteiger partial charge in [-0.15, -0.1) is 0 Å². The molecular weight excluding hydrogens is 284 g/mol. The second kappa shape index (κ2) is 6.00. The number of carbonyl (C=O) groups is 1. The largest absolute Gasteiger partial charge is 0.446 e. The first kappa shape index (κ1) is 14.3. The van der Waals surface area contributed by atoms with Gasteiger partial charge in [-0.25, -0.2) is 9.78 Å². The highest BCUT2D eigenvalue weighted by Gasteiger charge is 2.29. The number of nitrogens with two attached hydrogens (primary N) is 1. The average molecular weight is 302 g/mol. The van der Waals surface area contributed by atoms with Crippen molar-refractivity contribution in [1.29, 1.82) is 0 Å². The molecule has 1 aliphatic carbocycles. The predicted octanol–water partition coefficient (Wildman–Crippen LogP) is 1.98. The van der Waals surface area contributed by atoms with Crippen LogP contribution in [0.1, 0.15) is 36.6 Å². The van der Waals surface area contributed by atoms with Gasteiger partial charge in [0.2, 0.25) is 0 Å². The first-order valence-corrected chi connectivity index (χ1v) is 7.18. The van der Waals surface area contributed by atoms with Gasteiger partial charge in [0.15, 0.2) is 11.6 Å². The molecule has 0 spiro atoms. The molecule has 8 nitrogen and oxygen atoms in total. The van der Waals surface area contributed by atoms with Crippen LogP contribution in [0.3, 0.4) is 0 Å². The molecule has 0 saturated heterocycles. The smallest absolute Gasteiger partial charge is 0.404 e. The second-order valence-electron chi connectivity index (χ2n) is 5.39. The van der Waals surface area contributed by atoms with E-state index < -0.39 is 6.09 Å². The van der Waals surface area contributed by atoms with Crippen molar-refractivity contribution in [3.63, 3.8) is 0 Å². The van der Waals surface area contributed by atoms with Crippen LogP contribution in [0.4, 0.5) is 16.4 Å². The quantitative estimate of drug-likeness (QED) is 0.794. The minimum atomic E-state index is -0.712. The summed E-state index contributed by atoms with van der Waals surface area (Å²) in [6.45, 7) is 1.88. The van der Waals surface area contributed by atoms with Crippen molar-refractivity contribution in [3.8, 4) is 0 Å². The molecule has 2 aromatic heterocycles. The summed E-state index contributed by atoms with van der Waals surface area (Å²) in [5.41, 5.74) is 6.88. The van der Waals surface area contributed by atoms with Crippen molar-refractivity contribution in [2.75, 3.05) is 5.32 Å². The van der Waals surface area contributed by atoms with E-state index in [2.05, 4.69) is 25.5 Å². The zero-order valence-electron chi connectivity index (χ0n) is 12.2. The number of nitrogens with one attached hydrogen (secondary N) is 2. The minimum Gasteiger partial charge on any atom is -0.446 e. The van der Waals surface area contributed by atoms with E-state index >= 15 is 0 Å². The van der Waals surface area contributed by atoms with Gasteiger partial charge in [-0.1, -0.05) is 0 Å². The molecule has 4 N–H and O–H groups in total. The number of amides is 1. The maximum absolute atomic E-state index is 10.8. The third kappa shape index (κ3) is 3.16. The van der Waals surface area contributed by atoms with E-state index in [1.807, 2.05) is 13.0 Å². The maximum Gasteiger partial charge on any atom is 0.404 e. The Morgan fingerprint density at radius 3 is 3.00 bits per heavy atom. The highest BCUT2D eigenvalue weighted by molar-refractivity contribution is 5.64. The van der Waals surface area contributed by atoms with Gasteiger partial charge in [-0.2, -0.15) is 5.10 Å². The Morgan fingerprint density at radius 1 is 1.41 bits per heavy atom. The summed E-state index contributed by atoms with van der Waals surface area (Å²) in [7, 11) is 0. The van der Waals surface area contributed by atoms with Crippen LogP contribution >= 0.6 is 0 Å². The lowest BCUT2D eigenvalue weighted by Gasteiger charge is -2.09. The van der Waals surface area contributed by atoms with Gasteiger partial charge in [-0.3, -0.25) is 10.1 Å². The Bertz CT molecular complexity index is 671. The third-order valence-corrected chi connectivity index (χ3v) is 3.83. The first-order valence-electron chi connectivity index (χ1n) is 7.18. The number of aromatic nitrogens is 4. The summed E-state index contributed by atoms with van der Waals surface area (Å²) in [6, 6.07) is 1.95. The van der Waals surface area contributed by atoms with E-state index in [1.165, 1.54) is 0 Å². The molecular formula is C14H18N6O2. The van der Waals surface area contributed by atoms with Crippen LogP contribution < -0.4 is 11.1 Å². The highest BCUT2D eigenvalue weighted by atomic mass is 16.6. The number of primary amides is 1. The zero-order valence-corrected chi connectivity index (χ0v) is 12.2. The van der Waals surface area contributed by atoms with Gasteiger partial charge in [0, 0.05) is 30.1 Å². The van der Waals surface area contributed by atoms with Gasteiger partial charge < -0.3 is 15.8 Å². The van der Waals surface area contributed by atoms with Gasteiger partial charge in [0.25, 0.3) is 0 Å². The van der Waals surface area contributed by atoms with Crippen LogP contribution in [0.5, 0.6) is 0 Å². The van der Waals surface area contributed by atoms with E-state index in [9.17, 15) is 4.79 Å². The average Bonchev–Trinajstić information content (AvgIpc) is 3.10. The molecule has 116 valence electrons. The molecule has 1 aliphatic rings. The number of carbonyl (C=O) groups excluding carboxylic acids is 1. The topological polar surface area (TPSA) is 119 Å². The molecule has 1 fully saturated rings. The molecule has 0 radical (unpaired) electrons. The number of aromatic amines is 1. The normalized spacial score (nSPS) is 20.8. The maximum atomic E-state index is 10.8. The van der Waals surface area contributed by atoms with Gasteiger partial charge in [0.1, 0.15) is 6.10 Å². The van der Waals surface area contributed by atoms with Crippen LogP contribution in [0.2, 0.25) is 0 Å². The summed E-state index contributed by atoms with van der Waals surface area (Å²) < 4.78 is 5.05. The Hall–Kier alpha value is -2.64. The lowest BCUT2D eigenvalue weighted by molar-refractivity contribution is 0.109. The Labute approximate surface area is 127 Å². The van der Waals surface area contributed by atoms with E-state index in [0.29, 0.717) is 11.6 Å². The lowest BCUT2D eigenvalue weighted by Crippen LogP contribution is -2.20. The molecule has 0 aromatic carbocycles. The molecule has 0 aliphatic heterocycles. The number of aryl methyl sites for hydroxylation is 1. The summed E-state index contributed by atoms with van der Waals surface area (Å²) in [5, 5.41) is 10.4. The lowest BCUT2D eigenvalue weighted by atomic mass is 10.0. The first-order chi connectivity index (χ1) is 10.6. The number of rotatable bonds is 4. The number of H-pyrrole nitrogens is 1. The summed E-state index contributed by atoms with van der Waals surface area (Å²) in [6.07, 6.45) is 4.97. The molecule has 22 heavy (non-hydrogen) atoms. The molecule has 2 heterocycles. The molecule has 1 unspecified atom stereocenters. The highest BCUT2D eigenvalue weighted by Crippen LogP contribution is 2.35. The number of hydrogen-bond donors (Lipinski definition) is 3. The van der Waals surface area contributed by atoms with Crippen molar-refractivity contribution < 1.29 is 9.53 Å². The monoisotopic (exact) mass is 302 g/mol. The van der Waals surface area contributed by atoms with E-state index in [-0.39, 0.29) is 12.0 Å². The number of nitrogens with zero attached hydrogens (tertiary/aromatic N) is 3. The van der Waals surface area contributed by atoms with Crippen molar-refractivity contribution in [1.82, 2.24) is 20.2 Å². The predicted molar refractivity (Wildman–Crippen MR) is 79.7 cm³/mol. The minimum absolute atomic E-state index is 0.107. The molecule has 2 aromatic rings. The van der Waals surface area contributed by atoms with Crippen LogP contribution in [0.25, 0.3) is 0 Å². The van der Waals surface area contributed by atoms with E-state index in [4.69, 9.17) is 10.5 Å². The fraction of sp³-hybridized carbons (Fsp3) is 0.429. The number of anilines is 2. The third-order valence-electron chi connectivity index (χ3n) is 3.83. The summed E-state index contributed by atoms with van der Waals surface area (Å²) in [5.74, 6) is 1.66. The molecule has 1 saturated carbocycles. The van der Waals surface area contributed by atoms with Crippen LogP contribution in [0, 0.1) is 6.92 Å². The van der Waals surface area contributed by atoms with E-state index in [0.717, 1.165) is 30.7 Å². The van der Waals surface area contributed by atoms with E-state index in [1.54, 1.807) is 12.4 Å². The van der Waals surface area contributed by atoms with Crippen LogP contribution in [0.15, 0.2) is 18.5 Å². The second-order valence-corrected chi connectivity index (χ2v) is 5.39. The Morgan fingerprint density at radius 2 is 2.23 bits per heavy atom. The van der Waals surface area contributed by atoms with Gasteiger partial charge in [-0.05, 0) is 26.2 Å². The molecule has 0 bridgehead atoms. The van der Waals surface area contributed by atoms with Crippen molar-refractivity contribution in [3.05, 3.63) is 29.8 Å². The molecule has 8 heteroatoms. The number of hydrogen-bond acceptors (Lipinski definition) is 6. The standard InChI is InChI=1S/C14H18N6O2/c1-8-13(17-5-4-16-8)18-12-7-11(19-20-12)9-2-3-10(6-9)22-14(15)21/h4-5,7,9-10H,2-3,6H2,1H3,(H2,15,21)(H2,17,18,19,20)/t9-,10?/m0/s1. The van der Waals surface area contributed by atoms with Crippen LogP contribution in [-0.4, -0.2) is 32.4 Å². The van der Waals surface area contributed by atoms with Crippen molar-refractivity contribution in [2.45, 2.75) is 38.2 Å². The van der Waals surface area contributed by atoms with Crippen LogP contribution in [-0.2, 0) is 4.74 Å². The molecule has 3 rings (SSSR count). The molecule has 1 amide bonds. The van der Waals surface area contributed by atoms with Crippen molar-refractivity contribution in [2.24, 2.45) is 5.73 Å². The Balaban J connectivity index is 1.65. The fourth-order valence-corrected chi connectivity index (χ4v) is 2.76. The zero-order chi connectivity index (χ0) is 15.5. The fourth-order valence-electron chi connectivity index (χ4n) is 2.76.